The number of nitro benzene ring substituents is 1. The van der Waals surface area contributed by atoms with Crippen molar-refractivity contribution in [1.29, 1.82) is 5.26 Å². The summed E-state index contributed by atoms with van der Waals surface area (Å²) in [5.41, 5.74) is 2.83. The number of benzene rings is 2. The molecule has 156 valence electrons. The summed E-state index contributed by atoms with van der Waals surface area (Å²) >= 11 is 5.15. The molecule has 2 aromatic carbocycles. The largest absolute Gasteiger partial charge is 0.360 e. The minimum atomic E-state index is -0.753. The molecule has 4 aromatic rings. The Morgan fingerprint density at radius 1 is 1.09 bits per heavy atom. The molecule has 0 saturated carbocycles. The number of allylic oxidation sites excluding steroid dienone is 1. The molecule has 2 aromatic heterocycles. The summed E-state index contributed by atoms with van der Waals surface area (Å²) in [5, 5.41) is 25.3. The fourth-order valence-electron chi connectivity index (χ4n) is 4.08. The maximum absolute atomic E-state index is 12.9. The first-order chi connectivity index (χ1) is 15.5. The summed E-state index contributed by atoms with van der Waals surface area (Å²) in [6, 6.07) is 15.7. The normalized spacial score (nSPS) is 15.2. The second-order valence-electron chi connectivity index (χ2n) is 7.25. The molecule has 0 radical (unpaired) electrons. The number of aromatic nitrogens is 3. The summed E-state index contributed by atoms with van der Waals surface area (Å²) in [6.07, 6.45) is 1.80. The van der Waals surface area contributed by atoms with E-state index in [9.17, 15) is 20.2 Å². The van der Waals surface area contributed by atoms with Crippen molar-refractivity contribution >= 4 is 40.3 Å². The molecule has 0 bridgehead atoms. The summed E-state index contributed by atoms with van der Waals surface area (Å²) in [6.45, 7) is 0. The Bertz CT molecular complexity index is 1590. The van der Waals surface area contributed by atoms with Crippen LogP contribution in [0.25, 0.3) is 16.6 Å². The van der Waals surface area contributed by atoms with E-state index in [4.69, 9.17) is 12.2 Å². The lowest BCUT2D eigenvalue weighted by Gasteiger charge is -2.28. The number of nitrogens with zero attached hydrogens (tertiary/aromatic N) is 2. The monoisotopic (exact) mass is 442 g/mol. The second-order valence-corrected chi connectivity index (χ2v) is 7.66. The lowest BCUT2D eigenvalue weighted by Crippen LogP contribution is -2.27. The SMILES string of the molecule is N#CC1=C(c2c[nH]c3ccccc23)Nc2[nH]c(=S)[nH]c(=O)c2C1c1ccc([N+](=O)[O-])cc1. The molecule has 10 heteroatoms. The smallest absolute Gasteiger partial charge is 0.269 e. The first-order valence-electron chi connectivity index (χ1n) is 9.56. The highest BCUT2D eigenvalue weighted by molar-refractivity contribution is 7.71. The van der Waals surface area contributed by atoms with E-state index in [1.54, 1.807) is 18.3 Å². The van der Waals surface area contributed by atoms with Crippen LogP contribution < -0.4 is 10.9 Å². The predicted octanol–water partition coefficient (Wildman–Crippen LogP) is 4.31. The third kappa shape index (κ3) is 3.00. The Morgan fingerprint density at radius 2 is 1.84 bits per heavy atom. The zero-order chi connectivity index (χ0) is 22.4. The van der Waals surface area contributed by atoms with Gasteiger partial charge in [-0.15, -0.1) is 0 Å². The summed E-state index contributed by atoms with van der Waals surface area (Å²) in [4.78, 5) is 32.2. The first-order valence-corrected chi connectivity index (χ1v) is 9.97. The van der Waals surface area contributed by atoms with Gasteiger partial charge in [0.2, 0.25) is 0 Å². The van der Waals surface area contributed by atoms with Crippen molar-refractivity contribution in [3.05, 3.63) is 102 Å². The molecular weight excluding hydrogens is 428 g/mol. The third-order valence-electron chi connectivity index (χ3n) is 5.49. The van der Waals surface area contributed by atoms with Crippen molar-refractivity contribution in [3.63, 3.8) is 0 Å². The molecule has 1 unspecified atom stereocenters. The molecule has 1 atom stereocenters. The van der Waals surface area contributed by atoms with Gasteiger partial charge in [-0.1, -0.05) is 30.3 Å². The maximum atomic E-state index is 12.9. The van der Waals surface area contributed by atoms with E-state index in [0.29, 0.717) is 22.7 Å². The summed E-state index contributed by atoms with van der Waals surface area (Å²) in [5.74, 6) is -0.377. The molecule has 1 aliphatic heterocycles. The first kappa shape index (κ1) is 19.5. The topological polar surface area (TPSA) is 143 Å². The molecule has 9 nitrogen and oxygen atoms in total. The maximum Gasteiger partial charge on any atom is 0.269 e. The number of rotatable bonds is 3. The highest BCUT2D eigenvalue weighted by atomic mass is 32.1. The van der Waals surface area contributed by atoms with E-state index in [0.717, 1.165) is 16.5 Å². The van der Waals surface area contributed by atoms with Gasteiger partial charge in [0.1, 0.15) is 5.82 Å². The van der Waals surface area contributed by atoms with Gasteiger partial charge in [-0.25, -0.2) is 0 Å². The number of hydrogen-bond acceptors (Lipinski definition) is 6. The molecule has 0 aliphatic carbocycles. The van der Waals surface area contributed by atoms with Crippen molar-refractivity contribution in [2.45, 2.75) is 5.92 Å². The van der Waals surface area contributed by atoms with Crippen LogP contribution in [0.15, 0.2) is 65.1 Å². The quantitative estimate of drug-likeness (QED) is 0.211. The molecule has 5 rings (SSSR count). The van der Waals surface area contributed by atoms with Gasteiger partial charge >= 0.3 is 0 Å². The van der Waals surface area contributed by atoms with Gasteiger partial charge < -0.3 is 15.3 Å². The fourth-order valence-corrected chi connectivity index (χ4v) is 4.28. The Balaban J connectivity index is 1.81. The highest BCUT2D eigenvalue weighted by Gasteiger charge is 2.34. The van der Waals surface area contributed by atoms with Crippen molar-refractivity contribution < 1.29 is 4.92 Å². The van der Waals surface area contributed by atoms with Crippen LogP contribution in [0.4, 0.5) is 11.5 Å². The van der Waals surface area contributed by atoms with Crippen molar-refractivity contribution in [2.75, 3.05) is 5.32 Å². The molecule has 4 N–H and O–H groups in total. The van der Waals surface area contributed by atoms with Crippen LogP contribution in [-0.2, 0) is 0 Å². The van der Waals surface area contributed by atoms with Crippen LogP contribution in [0, 0.1) is 26.2 Å². The zero-order valence-corrected chi connectivity index (χ0v) is 17.1. The number of nitriles is 1. The van der Waals surface area contributed by atoms with Crippen LogP contribution in [0.1, 0.15) is 22.6 Å². The van der Waals surface area contributed by atoms with E-state index in [1.165, 1.54) is 12.1 Å². The van der Waals surface area contributed by atoms with Crippen LogP contribution in [0.2, 0.25) is 0 Å². The number of anilines is 1. The Morgan fingerprint density at radius 3 is 2.56 bits per heavy atom. The number of nitrogens with one attached hydrogen (secondary N) is 4. The highest BCUT2D eigenvalue weighted by Crippen LogP contribution is 2.43. The lowest BCUT2D eigenvalue weighted by atomic mass is 9.81. The minimum Gasteiger partial charge on any atom is -0.360 e. The number of non-ortho nitro benzene ring substituents is 1. The second kappa shape index (κ2) is 7.33. The summed E-state index contributed by atoms with van der Waals surface area (Å²) < 4.78 is 0.141. The Labute approximate surface area is 185 Å². The summed E-state index contributed by atoms with van der Waals surface area (Å²) in [7, 11) is 0. The number of aromatic amines is 3. The van der Waals surface area contributed by atoms with Crippen LogP contribution in [-0.4, -0.2) is 19.9 Å². The van der Waals surface area contributed by atoms with Crippen molar-refractivity contribution in [3.8, 4) is 6.07 Å². The molecule has 0 saturated heterocycles. The Kier molecular flexibility index (Phi) is 4.46. The van der Waals surface area contributed by atoms with Gasteiger partial charge in [-0.3, -0.25) is 19.9 Å². The number of H-pyrrole nitrogens is 3. The van der Waals surface area contributed by atoms with Gasteiger partial charge in [0.15, 0.2) is 4.77 Å². The van der Waals surface area contributed by atoms with E-state index in [1.807, 2.05) is 24.3 Å². The van der Waals surface area contributed by atoms with Crippen LogP contribution >= 0.6 is 12.2 Å². The van der Waals surface area contributed by atoms with Crippen LogP contribution in [0.3, 0.4) is 0 Å². The van der Waals surface area contributed by atoms with Gasteiger partial charge in [0.05, 0.1) is 33.7 Å². The minimum absolute atomic E-state index is 0.0800. The number of fused-ring (bicyclic) bond motifs is 2. The average molecular weight is 442 g/mol. The van der Waals surface area contributed by atoms with E-state index in [-0.39, 0.29) is 16.0 Å². The van der Waals surface area contributed by atoms with Gasteiger partial charge in [-0.05, 0) is 23.8 Å². The van der Waals surface area contributed by atoms with E-state index in [2.05, 4.69) is 26.3 Å². The standard InChI is InChI=1S/C22H14N6O3S/c23-9-14-17(11-5-7-12(8-6-11)28(30)31)18-20(26-22(32)27-21(18)29)25-19(14)15-10-24-16-4-2-1-3-13(15)16/h1-8,10,17,24H,(H3,25,26,27,29,32). The van der Waals surface area contributed by atoms with Crippen molar-refractivity contribution in [2.24, 2.45) is 0 Å². The van der Waals surface area contributed by atoms with Gasteiger partial charge in [0, 0.05) is 34.8 Å². The van der Waals surface area contributed by atoms with Crippen LogP contribution in [0.5, 0.6) is 0 Å². The molecule has 0 fully saturated rings. The van der Waals surface area contributed by atoms with Crippen molar-refractivity contribution in [1.82, 2.24) is 15.0 Å². The van der Waals surface area contributed by atoms with Gasteiger partial charge in [-0.2, -0.15) is 5.26 Å². The fraction of sp³-hybridized carbons (Fsp3) is 0.0455. The van der Waals surface area contributed by atoms with E-state index < -0.39 is 16.4 Å². The number of para-hydroxylation sites is 1. The van der Waals surface area contributed by atoms with Gasteiger partial charge in [0.25, 0.3) is 11.2 Å². The third-order valence-corrected chi connectivity index (χ3v) is 5.70. The molecule has 0 spiro atoms. The molecule has 32 heavy (non-hydrogen) atoms. The Hall–Kier alpha value is -4.49. The molecule has 1 aliphatic rings. The van der Waals surface area contributed by atoms with E-state index >= 15 is 0 Å². The molecule has 0 amide bonds. The zero-order valence-electron chi connectivity index (χ0n) is 16.3. The molecular formula is C22H14N6O3S. The number of nitro groups is 1. The molecule has 3 heterocycles. The predicted molar refractivity (Wildman–Crippen MR) is 122 cm³/mol. The number of hydrogen-bond donors (Lipinski definition) is 4. The lowest BCUT2D eigenvalue weighted by molar-refractivity contribution is -0.384. The average Bonchev–Trinajstić information content (AvgIpc) is 3.21.